The molecule has 2 rings (SSSR count). The molecule has 0 atom stereocenters. The van der Waals surface area contributed by atoms with Crippen LogP contribution >= 0.6 is 11.6 Å². The molecule has 0 bridgehead atoms. The van der Waals surface area contributed by atoms with Crippen molar-refractivity contribution < 1.29 is 25.0 Å². The molecule has 0 saturated heterocycles. The lowest BCUT2D eigenvalue weighted by atomic mass is 10.0. The van der Waals surface area contributed by atoms with Crippen molar-refractivity contribution in [3.8, 4) is 11.5 Å². The maximum absolute atomic E-state index is 11.4. The first-order valence-electron chi connectivity index (χ1n) is 6.21. The normalized spacial score (nSPS) is 11.3. The van der Waals surface area contributed by atoms with Gasteiger partial charge < -0.3 is 15.3 Å². The lowest BCUT2D eigenvalue weighted by molar-refractivity contribution is -0.385. The Bertz CT molecular complexity index is 813. The maximum Gasteiger partial charge on any atom is 0.336 e. The number of halogens is 1. The second-order valence-electron chi connectivity index (χ2n) is 4.53. The lowest BCUT2D eigenvalue weighted by Crippen LogP contribution is -2.00. The first-order valence-corrected chi connectivity index (χ1v) is 6.58. The minimum absolute atomic E-state index is 0.109. The van der Waals surface area contributed by atoms with Gasteiger partial charge in [0.05, 0.1) is 10.5 Å². The summed E-state index contributed by atoms with van der Waals surface area (Å²) in [5.41, 5.74) is -0.647. The quantitative estimate of drug-likeness (QED) is 0.341. The van der Waals surface area contributed by atoms with Gasteiger partial charge in [-0.25, -0.2) is 4.79 Å². The van der Waals surface area contributed by atoms with E-state index in [1.165, 1.54) is 24.3 Å². The Morgan fingerprint density at radius 2 is 1.74 bits per heavy atom. The van der Waals surface area contributed by atoms with Crippen molar-refractivity contribution in [1.82, 2.24) is 0 Å². The predicted molar refractivity (Wildman–Crippen MR) is 83.4 cm³/mol. The van der Waals surface area contributed by atoms with Crippen LogP contribution in [0.2, 0.25) is 5.02 Å². The number of rotatable bonds is 4. The SMILES string of the molecule is O=C(O)/C(=C\c1cc([N+](=O)[O-])c(O)cc1O)c1ccc(Cl)cc1. The number of carboxylic acid groups (broad SMARTS) is 1. The third-order valence-corrected chi connectivity index (χ3v) is 3.26. The van der Waals surface area contributed by atoms with Crippen molar-refractivity contribution in [2.24, 2.45) is 0 Å². The van der Waals surface area contributed by atoms with Crippen molar-refractivity contribution >= 4 is 34.9 Å². The van der Waals surface area contributed by atoms with E-state index >= 15 is 0 Å². The van der Waals surface area contributed by atoms with E-state index in [1.54, 1.807) is 0 Å². The maximum atomic E-state index is 11.4. The van der Waals surface area contributed by atoms with Gasteiger partial charge in [-0.05, 0) is 23.8 Å². The van der Waals surface area contributed by atoms with Gasteiger partial charge >= 0.3 is 11.7 Å². The summed E-state index contributed by atoms with van der Waals surface area (Å²) >= 11 is 5.74. The lowest BCUT2D eigenvalue weighted by Gasteiger charge is -2.06. The number of hydrogen-bond acceptors (Lipinski definition) is 5. The zero-order chi connectivity index (χ0) is 17.1. The molecule has 0 saturated carbocycles. The van der Waals surface area contributed by atoms with Gasteiger partial charge in [0.1, 0.15) is 5.75 Å². The Hall–Kier alpha value is -3.06. The number of aliphatic carboxylic acids is 1. The highest BCUT2D eigenvalue weighted by Crippen LogP contribution is 2.35. The second-order valence-corrected chi connectivity index (χ2v) is 4.96. The van der Waals surface area contributed by atoms with Gasteiger partial charge in [0.2, 0.25) is 0 Å². The number of benzene rings is 2. The number of hydrogen-bond donors (Lipinski definition) is 3. The highest BCUT2D eigenvalue weighted by Gasteiger charge is 2.18. The smallest absolute Gasteiger partial charge is 0.336 e. The molecule has 0 aliphatic heterocycles. The summed E-state index contributed by atoms with van der Waals surface area (Å²) in [6.45, 7) is 0. The molecule has 0 aromatic heterocycles. The fourth-order valence-electron chi connectivity index (χ4n) is 1.90. The highest BCUT2D eigenvalue weighted by molar-refractivity contribution is 6.30. The number of nitro benzene ring substituents is 1. The second kappa shape index (κ2) is 6.37. The molecule has 3 N–H and O–H groups in total. The molecule has 23 heavy (non-hydrogen) atoms. The minimum atomic E-state index is -1.29. The molecule has 0 radical (unpaired) electrons. The van der Waals surface area contributed by atoms with Gasteiger partial charge in [-0.2, -0.15) is 0 Å². The number of aromatic hydroxyl groups is 2. The van der Waals surface area contributed by atoms with Crippen LogP contribution < -0.4 is 0 Å². The monoisotopic (exact) mass is 335 g/mol. The van der Waals surface area contributed by atoms with E-state index in [1.807, 2.05) is 0 Å². The van der Waals surface area contributed by atoms with Crippen LogP contribution in [0, 0.1) is 10.1 Å². The Labute approximate surface area is 134 Å². The molecule has 0 spiro atoms. The molecule has 0 aliphatic carbocycles. The van der Waals surface area contributed by atoms with E-state index in [9.17, 15) is 30.2 Å². The summed E-state index contributed by atoms with van der Waals surface area (Å²) < 4.78 is 0. The zero-order valence-electron chi connectivity index (χ0n) is 11.4. The van der Waals surface area contributed by atoms with Crippen molar-refractivity contribution in [3.63, 3.8) is 0 Å². The van der Waals surface area contributed by atoms with Crippen molar-refractivity contribution in [3.05, 3.63) is 62.7 Å². The van der Waals surface area contributed by atoms with Crippen LogP contribution in [0.25, 0.3) is 11.6 Å². The van der Waals surface area contributed by atoms with Crippen LogP contribution in [-0.2, 0) is 4.79 Å². The predicted octanol–water partition coefficient (Wildman–Crippen LogP) is 3.28. The van der Waals surface area contributed by atoms with Crippen molar-refractivity contribution in [2.75, 3.05) is 0 Å². The number of carbonyl (C=O) groups is 1. The Morgan fingerprint density at radius 3 is 2.26 bits per heavy atom. The molecule has 7 nitrogen and oxygen atoms in total. The van der Waals surface area contributed by atoms with E-state index < -0.39 is 28.1 Å². The molecule has 0 heterocycles. The van der Waals surface area contributed by atoms with Gasteiger partial charge in [-0.3, -0.25) is 10.1 Å². The van der Waals surface area contributed by atoms with E-state index in [2.05, 4.69) is 0 Å². The van der Waals surface area contributed by atoms with Crippen LogP contribution in [0.4, 0.5) is 5.69 Å². The summed E-state index contributed by atoms with van der Waals surface area (Å²) in [7, 11) is 0. The zero-order valence-corrected chi connectivity index (χ0v) is 12.2. The molecular weight excluding hydrogens is 326 g/mol. The summed E-state index contributed by atoms with van der Waals surface area (Å²) in [5, 5.41) is 39.8. The minimum Gasteiger partial charge on any atom is -0.507 e. The average molecular weight is 336 g/mol. The van der Waals surface area contributed by atoms with Gasteiger partial charge in [0.25, 0.3) is 0 Å². The van der Waals surface area contributed by atoms with Crippen LogP contribution in [0.1, 0.15) is 11.1 Å². The number of phenolic OH excluding ortho intramolecular Hbond substituents is 2. The Kier molecular flexibility index (Phi) is 4.52. The number of nitro groups is 1. The molecule has 0 aliphatic rings. The van der Waals surface area contributed by atoms with Crippen molar-refractivity contribution in [1.29, 1.82) is 0 Å². The molecule has 8 heteroatoms. The average Bonchev–Trinajstić information content (AvgIpc) is 2.47. The number of carboxylic acids is 1. The molecule has 2 aromatic rings. The molecule has 0 fully saturated rings. The molecular formula is C15H10ClNO6. The van der Waals surface area contributed by atoms with E-state index in [-0.39, 0.29) is 11.1 Å². The molecule has 2 aromatic carbocycles. The van der Waals surface area contributed by atoms with Crippen LogP contribution in [-0.4, -0.2) is 26.2 Å². The summed E-state index contributed by atoms with van der Waals surface area (Å²) in [5.74, 6) is -2.49. The van der Waals surface area contributed by atoms with Crippen LogP contribution in [0.5, 0.6) is 11.5 Å². The third-order valence-electron chi connectivity index (χ3n) is 3.01. The summed E-state index contributed by atoms with van der Waals surface area (Å²) in [6, 6.07) is 7.59. The summed E-state index contributed by atoms with van der Waals surface area (Å²) in [4.78, 5) is 21.4. The topological polar surface area (TPSA) is 121 Å². The van der Waals surface area contributed by atoms with E-state index in [4.69, 9.17) is 11.6 Å². The molecule has 0 amide bonds. The number of nitrogens with zero attached hydrogens (tertiary/aromatic N) is 1. The van der Waals surface area contributed by atoms with Crippen molar-refractivity contribution in [2.45, 2.75) is 0 Å². The van der Waals surface area contributed by atoms with Gasteiger partial charge in [0, 0.05) is 22.7 Å². The van der Waals surface area contributed by atoms with E-state index in [0.717, 1.165) is 18.2 Å². The fraction of sp³-hybridized carbons (Fsp3) is 0. The largest absolute Gasteiger partial charge is 0.507 e. The molecule has 0 unspecified atom stereocenters. The summed E-state index contributed by atoms with van der Waals surface area (Å²) in [6.07, 6.45) is 1.08. The Morgan fingerprint density at radius 1 is 1.13 bits per heavy atom. The number of phenols is 2. The first-order chi connectivity index (χ1) is 10.8. The van der Waals surface area contributed by atoms with E-state index in [0.29, 0.717) is 10.6 Å². The first kappa shape index (κ1) is 16.3. The molecule has 118 valence electrons. The van der Waals surface area contributed by atoms with Gasteiger partial charge in [0.15, 0.2) is 5.75 Å². The van der Waals surface area contributed by atoms with Gasteiger partial charge in [-0.1, -0.05) is 23.7 Å². The standard InChI is InChI=1S/C15H10ClNO6/c16-10-3-1-8(2-4-10)11(15(20)21)5-9-6-12(17(22)23)14(19)7-13(9)18/h1-7,18-19H,(H,20,21)/b11-5-. The van der Waals surface area contributed by atoms with Crippen LogP contribution in [0.3, 0.4) is 0 Å². The fourth-order valence-corrected chi connectivity index (χ4v) is 2.02. The van der Waals surface area contributed by atoms with Gasteiger partial charge in [-0.15, -0.1) is 0 Å². The van der Waals surface area contributed by atoms with Crippen LogP contribution in [0.15, 0.2) is 36.4 Å². The highest BCUT2D eigenvalue weighted by atomic mass is 35.5. The Balaban J connectivity index is 2.60. The third kappa shape index (κ3) is 3.58.